The van der Waals surface area contributed by atoms with E-state index in [2.05, 4.69) is 28.4 Å². The summed E-state index contributed by atoms with van der Waals surface area (Å²) in [4.78, 5) is 9.34. The monoisotopic (exact) mass is 271 g/mol. The number of hydrogen-bond acceptors (Lipinski definition) is 4. The average molecular weight is 271 g/mol. The van der Waals surface area contributed by atoms with Crippen LogP contribution in [0, 0.1) is 0 Å². The van der Waals surface area contributed by atoms with E-state index in [1.54, 1.807) is 0 Å². The van der Waals surface area contributed by atoms with Gasteiger partial charge in [-0.1, -0.05) is 12.8 Å². The third-order valence-corrected chi connectivity index (χ3v) is 3.99. The molecule has 0 aliphatic heterocycles. The largest absolute Gasteiger partial charge is 0.373 e. The first-order valence-corrected chi connectivity index (χ1v) is 7.39. The molecule has 1 aliphatic rings. The lowest BCUT2D eigenvalue weighted by Crippen LogP contribution is -2.03. The highest BCUT2D eigenvalue weighted by atomic mass is 15.3. The standard InChI is InChI=1S/C15H21N5/c1-3-20-10-12(9-17-20)15-18-13(8-14(16-2)19-15)11-6-4-5-7-11/h8-11H,3-7H2,1-2H3,(H,16,18,19). The molecule has 0 bridgehead atoms. The van der Waals surface area contributed by atoms with Crippen LogP contribution in [0.5, 0.6) is 0 Å². The maximum absolute atomic E-state index is 4.78. The number of aryl methyl sites for hydroxylation is 1. The van der Waals surface area contributed by atoms with Gasteiger partial charge in [0.05, 0.1) is 11.8 Å². The van der Waals surface area contributed by atoms with Crippen LogP contribution in [0.4, 0.5) is 5.82 Å². The molecule has 0 spiro atoms. The van der Waals surface area contributed by atoms with Crippen LogP contribution in [-0.4, -0.2) is 26.8 Å². The van der Waals surface area contributed by atoms with Gasteiger partial charge in [0.2, 0.25) is 0 Å². The minimum absolute atomic E-state index is 0.588. The Morgan fingerprint density at radius 2 is 2.10 bits per heavy atom. The predicted octanol–water partition coefficient (Wildman–Crippen LogP) is 3.06. The minimum Gasteiger partial charge on any atom is -0.373 e. The van der Waals surface area contributed by atoms with Gasteiger partial charge < -0.3 is 5.32 Å². The molecule has 2 aromatic heterocycles. The second-order valence-electron chi connectivity index (χ2n) is 5.32. The van der Waals surface area contributed by atoms with Crippen LogP contribution in [0.3, 0.4) is 0 Å². The number of nitrogens with zero attached hydrogens (tertiary/aromatic N) is 4. The second-order valence-corrected chi connectivity index (χ2v) is 5.32. The molecular formula is C15H21N5. The molecule has 106 valence electrons. The van der Waals surface area contributed by atoms with Crippen LogP contribution in [-0.2, 0) is 6.54 Å². The number of aromatic nitrogens is 4. The van der Waals surface area contributed by atoms with Crippen LogP contribution in [0.15, 0.2) is 18.5 Å². The summed E-state index contributed by atoms with van der Waals surface area (Å²) in [5.41, 5.74) is 2.16. The SMILES string of the molecule is CCn1cc(-c2nc(NC)cc(C3CCCC3)n2)cn1. The van der Waals surface area contributed by atoms with Crippen molar-refractivity contribution in [3.05, 3.63) is 24.2 Å². The van der Waals surface area contributed by atoms with E-state index in [0.29, 0.717) is 5.92 Å². The molecule has 5 heteroatoms. The topological polar surface area (TPSA) is 55.6 Å². The van der Waals surface area contributed by atoms with Crippen molar-refractivity contribution in [2.45, 2.75) is 45.1 Å². The third kappa shape index (κ3) is 2.53. The molecule has 0 aromatic carbocycles. The van der Waals surface area contributed by atoms with Gasteiger partial charge in [-0.05, 0) is 19.8 Å². The number of anilines is 1. The lowest BCUT2D eigenvalue weighted by molar-refractivity contribution is 0.660. The van der Waals surface area contributed by atoms with Gasteiger partial charge >= 0.3 is 0 Å². The van der Waals surface area contributed by atoms with Crippen molar-refractivity contribution in [3.8, 4) is 11.4 Å². The van der Waals surface area contributed by atoms with Gasteiger partial charge in [-0.2, -0.15) is 5.10 Å². The lowest BCUT2D eigenvalue weighted by atomic mass is 10.0. The molecule has 0 radical (unpaired) electrons. The van der Waals surface area contributed by atoms with Crippen molar-refractivity contribution in [3.63, 3.8) is 0 Å². The highest BCUT2D eigenvalue weighted by molar-refractivity contribution is 5.55. The van der Waals surface area contributed by atoms with E-state index in [-0.39, 0.29) is 0 Å². The van der Waals surface area contributed by atoms with Crippen LogP contribution in [0.2, 0.25) is 0 Å². The smallest absolute Gasteiger partial charge is 0.164 e. The molecule has 3 rings (SSSR count). The van der Waals surface area contributed by atoms with Gasteiger partial charge in [0.15, 0.2) is 5.82 Å². The van der Waals surface area contributed by atoms with Crippen molar-refractivity contribution in [2.24, 2.45) is 0 Å². The Kier molecular flexibility index (Phi) is 3.67. The van der Waals surface area contributed by atoms with Crippen LogP contribution in [0.25, 0.3) is 11.4 Å². The molecule has 1 N–H and O–H groups in total. The molecule has 0 unspecified atom stereocenters. The highest BCUT2D eigenvalue weighted by Crippen LogP contribution is 2.34. The zero-order valence-corrected chi connectivity index (χ0v) is 12.1. The third-order valence-electron chi connectivity index (χ3n) is 3.99. The summed E-state index contributed by atoms with van der Waals surface area (Å²) in [5.74, 6) is 2.25. The van der Waals surface area contributed by atoms with Gasteiger partial charge in [-0.15, -0.1) is 0 Å². The fourth-order valence-electron chi connectivity index (χ4n) is 2.81. The fraction of sp³-hybridized carbons (Fsp3) is 0.533. The first kappa shape index (κ1) is 13.1. The number of hydrogen-bond donors (Lipinski definition) is 1. The molecule has 1 saturated carbocycles. The van der Waals surface area contributed by atoms with Crippen molar-refractivity contribution in [1.29, 1.82) is 0 Å². The Balaban J connectivity index is 1.98. The van der Waals surface area contributed by atoms with E-state index in [1.807, 2.05) is 24.1 Å². The molecule has 0 amide bonds. The normalized spacial score (nSPS) is 15.7. The van der Waals surface area contributed by atoms with Gasteiger partial charge in [-0.3, -0.25) is 4.68 Å². The Morgan fingerprint density at radius 1 is 1.30 bits per heavy atom. The summed E-state index contributed by atoms with van der Waals surface area (Å²) >= 11 is 0. The summed E-state index contributed by atoms with van der Waals surface area (Å²) in [5, 5.41) is 7.45. The summed E-state index contributed by atoms with van der Waals surface area (Å²) in [6.45, 7) is 2.94. The minimum atomic E-state index is 0.588. The Hall–Kier alpha value is -1.91. The molecule has 1 fully saturated rings. The van der Waals surface area contributed by atoms with E-state index in [4.69, 9.17) is 4.98 Å². The molecule has 20 heavy (non-hydrogen) atoms. The Labute approximate surface area is 119 Å². The zero-order valence-electron chi connectivity index (χ0n) is 12.1. The highest BCUT2D eigenvalue weighted by Gasteiger charge is 2.20. The maximum Gasteiger partial charge on any atom is 0.164 e. The van der Waals surface area contributed by atoms with E-state index >= 15 is 0 Å². The average Bonchev–Trinajstić information content (AvgIpc) is 3.17. The van der Waals surface area contributed by atoms with Crippen LogP contribution < -0.4 is 5.32 Å². The summed E-state index contributed by atoms with van der Waals surface area (Å²) in [6.07, 6.45) is 8.96. The van der Waals surface area contributed by atoms with Gasteiger partial charge in [0, 0.05) is 37.5 Å². The fourth-order valence-corrected chi connectivity index (χ4v) is 2.81. The van der Waals surface area contributed by atoms with Crippen LogP contribution >= 0.6 is 0 Å². The second kappa shape index (κ2) is 5.61. The molecule has 2 aromatic rings. The maximum atomic E-state index is 4.78. The van der Waals surface area contributed by atoms with Crippen molar-refractivity contribution >= 4 is 5.82 Å². The summed E-state index contributed by atoms with van der Waals surface area (Å²) in [6, 6.07) is 2.09. The molecule has 5 nitrogen and oxygen atoms in total. The van der Waals surface area contributed by atoms with Gasteiger partial charge in [0.25, 0.3) is 0 Å². The number of nitrogens with one attached hydrogen (secondary N) is 1. The van der Waals surface area contributed by atoms with Gasteiger partial charge in [-0.25, -0.2) is 9.97 Å². The first-order valence-electron chi connectivity index (χ1n) is 7.39. The van der Waals surface area contributed by atoms with E-state index in [1.165, 1.54) is 31.4 Å². The summed E-state index contributed by atoms with van der Waals surface area (Å²) in [7, 11) is 1.90. The van der Waals surface area contributed by atoms with Crippen molar-refractivity contribution in [1.82, 2.24) is 19.7 Å². The number of rotatable bonds is 4. The molecule has 2 heterocycles. The van der Waals surface area contributed by atoms with E-state index < -0.39 is 0 Å². The lowest BCUT2D eigenvalue weighted by Gasteiger charge is -2.11. The Morgan fingerprint density at radius 3 is 2.75 bits per heavy atom. The van der Waals surface area contributed by atoms with Gasteiger partial charge in [0.1, 0.15) is 5.82 Å². The molecule has 0 saturated heterocycles. The zero-order chi connectivity index (χ0) is 13.9. The molecular weight excluding hydrogens is 250 g/mol. The Bertz CT molecular complexity index is 584. The van der Waals surface area contributed by atoms with E-state index in [0.717, 1.165) is 23.8 Å². The molecule has 0 atom stereocenters. The van der Waals surface area contributed by atoms with Crippen molar-refractivity contribution < 1.29 is 0 Å². The summed E-state index contributed by atoms with van der Waals surface area (Å²) < 4.78 is 1.90. The predicted molar refractivity (Wildman–Crippen MR) is 79.7 cm³/mol. The van der Waals surface area contributed by atoms with E-state index in [9.17, 15) is 0 Å². The van der Waals surface area contributed by atoms with Crippen LogP contribution in [0.1, 0.15) is 44.2 Å². The quantitative estimate of drug-likeness (QED) is 0.928. The van der Waals surface area contributed by atoms with Crippen molar-refractivity contribution in [2.75, 3.05) is 12.4 Å². The molecule has 1 aliphatic carbocycles. The first-order chi connectivity index (χ1) is 9.80.